The maximum absolute atomic E-state index is 13.1. The summed E-state index contributed by atoms with van der Waals surface area (Å²) in [4.78, 5) is 54.9. The first-order chi connectivity index (χ1) is 20.3. The number of nitrogens with one attached hydrogen (secondary N) is 4. The summed E-state index contributed by atoms with van der Waals surface area (Å²) in [5.74, 6) is -0.977. The zero-order valence-corrected chi connectivity index (χ0v) is 26.1. The SMILES string of the molecule is CC(C)CCNC(=O)C[C@H](O)[C@H](CC(C)C)NC(=O)[C@H](C)NC(=O)[C@H](CCCN=C(N)N)NC(=O)OCc1ccccc1. The number of nitrogens with zero attached hydrogens (tertiary/aromatic N) is 1. The number of rotatable bonds is 19. The summed E-state index contributed by atoms with van der Waals surface area (Å²) in [7, 11) is 0. The van der Waals surface area contributed by atoms with E-state index in [0.717, 1.165) is 12.0 Å². The summed E-state index contributed by atoms with van der Waals surface area (Å²) in [6.07, 6.45) is -0.277. The number of hydrogen-bond donors (Lipinski definition) is 7. The van der Waals surface area contributed by atoms with Crippen LogP contribution in [0.4, 0.5) is 4.79 Å². The van der Waals surface area contributed by atoms with Gasteiger partial charge in [-0.25, -0.2) is 4.79 Å². The van der Waals surface area contributed by atoms with Gasteiger partial charge in [0.15, 0.2) is 5.96 Å². The lowest BCUT2D eigenvalue weighted by molar-refractivity contribution is -0.131. The maximum Gasteiger partial charge on any atom is 0.408 e. The highest BCUT2D eigenvalue weighted by Gasteiger charge is 2.29. The molecule has 9 N–H and O–H groups in total. The smallest absolute Gasteiger partial charge is 0.408 e. The molecule has 13 heteroatoms. The summed E-state index contributed by atoms with van der Waals surface area (Å²) < 4.78 is 5.25. The van der Waals surface area contributed by atoms with Crippen molar-refractivity contribution in [1.29, 1.82) is 0 Å². The van der Waals surface area contributed by atoms with Crippen LogP contribution in [-0.4, -0.2) is 72.2 Å². The lowest BCUT2D eigenvalue weighted by Crippen LogP contribution is -2.55. The number of nitrogens with two attached hydrogens (primary N) is 2. The molecule has 0 aliphatic heterocycles. The molecule has 0 saturated carbocycles. The van der Waals surface area contributed by atoms with E-state index in [1.807, 2.05) is 32.0 Å². The number of carbonyl (C=O) groups is 4. The molecule has 0 fully saturated rings. The van der Waals surface area contributed by atoms with E-state index in [0.29, 0.717) is 25.3 Å². The lowest BCUT2D eigenvalue weighted by Gasteiger charge is -2.27. The molecular formula is C30H51N7O6. The standard InChI is InChI=1S/C30H51N7O6/c1-19(2)13-15-33-26(39)17-25(38)24(16-20(3)4)36-27(40)21(5)35-28(41)23(12-9-14-34-29(31)32)37-30(42)43-18-22-10-7-6-8-11-22/h6-8,10-11,19-21,23-25,38H,9,12-18H2,1-5H3,(H,33,39)(H,35,41)(H,36,40)(H,37,42)(H4,31,32,34)/t21-,23-,24-,25-/m0/s1. The Kier molecular flexibility index (Phi) is 17.4. The van der Waals surface area contributed by atoms with Crippen molar-refractivity contribution in [1.82, 2.24) is 21.3 Å². The molecule has 1 aromatic carbocycles. The number of alkyl carbamates (subject to hydrolysis) is 1. The molecule has 43 heavy (non-hydrogen) atoms. The van der Waals surface area contributed by atoms with Crippen LogP contribution in [0.25, 0.3) is 0 Å². The minimum Gasteiger partial charge on any atom is -0.445 e. The van der Waals surface area contributed by atoms with Gasteiger partial charge in [-0.15, -0.1) is 0 Å². The molecule has 0 saturated heterocycles. The van der Waals surface area contributed by atoms with Crippen LogP contribution in [-0.2, 0) is 25.7 Å². The minimum atomic E-state index is -1.11. The molecule has 242 valence electrons. The van der Waals surface area contributed by atoms with E-state index >= 15 is 0 Å². The highest BCUT2D eigenvalue weighted by atomic mass is 16.5. The predicted octanol–water partition coefficient (Wildman–Crippen LogP) is 1.28. The second-order valence-corrected chi connectivity index (χ2v) is 11.5. The summed E-state index contributed by atoms with van der Waals surface area (Å²) in [6.45, 7) is 10.2. The first kappa shape index (κ1) is 37.2. The van der Waals surface area contributed by atoms with E-state index in [1.165, 1.54) is 6.92 Å². The third kappa shape index (κ3) is 17.0. The normalized spacial score (nSPS) is 13.8. The van der Waals surface area contributed by atoms with Crippen LogP contribution in [0.3, 0.4) is 0 Å². The van der Waals surface area contributed by atoms with Crippen LogP contribution in [0.15, 0.2) is 35.3 Å². The second-order valence-electron chi connectivity index (χ2n) is 11.5. The largest absolute Gasteiger partial charge is 0.445 e. The molecule has 4 amide bonds. The molecule has 0 spiro atoms. The van der Waals surface area contributed by atoms with Crippen molar-refractivity contribution in [2.24, 2.45) is 28.3 Å². The number of ether oxygens (including phenoxy) is 1. The summed E-state index contributed by atoms with van der Waals surface area (Å²) in [5.41, 5.74) is 11.5. The van der Waals surface area contributed by atoms with Crippen LogP contribution in [0.2, 0.25) is 0 Å². The van der Waals surface area contributed by atoms with Gasteiger partial charge in [0, 0.05) is 13.1 Å². The van der Waals surface area contributed by atoms with E-state index in [4.69, 9.17) is 16.2 Å². The third-order valence-corrected chi connectivity index (χ3v) is 6.47. The molecule has 0 unspecified atom stereocenters. The Labute approximate surface area is 255 Å². The molecule has 0 radical (unpaired) electrons. The molecule has 1 rings (SSSR count). The third-order valence-electron chi connectivity index (χ3n) is 6.47. The highest BCUT2D eigenvalue weighted by Crippen LogP contribution is 2.12. The molecule has 0 aromatic heterocycles. The summed E-state index contributed by atoms with van der Waals surface area (Å²) >= 11 is 0. The molecule has 0 aliphatic rings. The molecule has 0 aliphatic carbocycles. The number of hydrogen-bond acceptors (Lipinski definition) is 7. The van der Waals surface area contributed by atoms with Crippen LogP contribution < -0.4 is 32.7 Å². The van der Waals surface area contributed by atoms with Crippen molar-refractivity contribution in [3.8, 4) is 0 Å². The zero-order valence-electron chi connectivity index (χ0n) is 26.1. The topological polar surface area (TPSA) is 210 Å². The van der Waals surface area contributed by atoms with Gasteiger partial charge in [-0.05, 0) is 50.0 Å². The molecule has 4 atom stereocenters. The number of carbonyl (C=O) groups excluding carboxylic acids is 4. The highest BCUT2D eigenvalue weighted by molar-refractivity contribution is 5.91. The summed E-state index contributed by atoms with van der Waals surface area (Å²) in [5, 5.41) is 21.5. The summed E-state index contributed by atoms with van der Waals surface area (Å²) in [6, 6.07) is 6.34. The Bertz CT molecular complexity index is 1030. The van der Waals surface area contributed by atoms with Crippen molar-refractivity contribution in [3.05, 3.63) is 35.9 Å². The van der Waals surface area contributed by atoms with Crippen molar-refractivity contribution in [3.63, 3.8) is 0 Å². The molecular weight excluding hydrogens is 554 g/mol. The molecule has 13 nitrogen and oxygen atoms in total. The maximum atomic E-state index is 13.1. The Hall–Kier alpha value is -3.87. The van der Waals surface area contributed by atoms with Crippen molar-refractivity contribution in [2.75, 3.05) is 13.1 Å². The van der Waals surface area contributed by atoms with Crippen LogP contribution >= 0.6 is 0 Å². The van der Waals surface area contributed by atoms with Crippen molar-refractivity contribution >= 4 is 29.8 Å². The Morgan fingerprint density at radius 3 is 2.19 bits per heavy atom. The monoisotopic (exact) mass is 605 g/mol. The fraction of sp³-hybridized carbons (Fsp3) is 0.633. The Morgan fingerprint density at radius 2 is 1.58 bits per heavy atom. The molecule has 1 aromatic rings. The van der Waals surface area contributed by atoms with Gasteiger partial charge in [-0.1, -0.05) is 58.0 Å². The van der Waals surface area contributed by atoms with E-state index in [9.17, 15) is 24.3 Å². The number of guanidine groups is 1. The second kappa shape index (κ2) is 20.1. The van der Waals surface area contributed by atoms with Crippen LogP contribution in [0.5, 0.6) is 0 Å². The van der Waals surface area contributed by atoms with Gasteiger partial charge in [-0.3, -0.25) is 19.4 Å². The fourth-order valence-corrected chi connectivity index (χ4v) is 4.09. The average molecular weight is 606 g/mol. The van der Waals surface area contributed by atoms with Gasteiger partial charge in [0.05, 0.1) is 18.6 Å². The quantitative estimate of drug-likeness (QED) is 0.0692. The first-order valence-electron chi connectivity index (χ1n) is 14.9. The van der Waals surface area contributed by atoms with Crippen LogP contribution in [0.1, 0.15) is 72.3 Å². The van der Waals surface area contributed by atoms with E-state index in [1.54, 1.807) is 12.1 Å². The van der Waals surface area contributed by atoms with E-state index < -0.39 is 42.1 Å². The van der Waals surface area contributed by atoms with Gasteiger partial charge in [0.1, 0.15) is 18.7 Å². The fourth-order valence-electron chi connectivity index (χ4n) is 4.09. The van der Waals surface area contributed by atoms with Gasteiger partial charge in [0.25, 0.3) is 0 Å². The number of benzene rings is 1. The Balaban J connectivity index is 2.81. The number of aliphatic imine (C=N–C) groups is 1. The average Bonchev–Trinajstić information content (AvgIpc) is 2.92. The van der Waals surface area contributed by atoms with Crippen molar-refractivity contribution < 1.29 is 29.0 Å². The zero-order chi connectivity index (χ0) is 32.4. The van der Waals surface area contributed by atoms with Crippen molar-refractivity contribution in [2.45, 2.75) is 97.6 Å². The minimum absolute atomic E-state index is 0.0170. The van der Waals surface area contributed by atoms with Gasteiger partial charge in [0.2, 0.25) is 17.7 Å². The number of amides is 4. The first-order valence-corrected chi connectivity index (χ1v) is 14.9. The van der Waals surface area contributed by atoms with E-state index in [-0.39, 0.29) is 43.8 Å². The number of aliphatic hydroxyl groups is 1. The molecule has 0 bridgehead atoms. The van der Waals surface area contributed by atoms with E-state index in [2.05, 4.69) is 40.1 Å². The lowest BCUT2D eigenvalue weighted by atomic mass is 9.96. The van der Waals surface area contributed by atoms with Gasteiger partial charge >= 0.3 is 6.09 Å². The predicted molar refractivity (Wildman–Crippen MR) is 166 cm³/mol. The van der Waals surface area contributed by atoms with Crippen LogP contribution in [0, 0.1) is 11.8 Å². The Morgan fingerprint density at radius 1 is 0.907 bits per heavy atom. The molecule has 0 heterocycles. The van der Waals surface area contributed by atoms with Gasteiger partial charge < -0.3 is 42.6 Å². The van der Waals surface area contributed by atoms with Gasteiger partial charge in [-0.2, -0.15) is 0 Å². The number of aliphatic hydroxyl groups excluding tert-OH is 1.